The van der Waals surface area contributed by atoms with Gasteiger partial charge in [-0.1, -0.05) is 18.5 Å². The third-order valence-electron chi connectivity index (χ3n) is 3.80. The van der Waals surface area contributed by atoms with Crippen LogP contribution in [-0.4, -0.2) is 17.9 Å². The molecule has 0 aliphatic carbocycles. The van der Waals surface area contributed by atoms with Crippen molar-refractivity contribution in [1.82, 2.24) is 0 Å². The van der Waals surface area contributed by atoms with Crippen molar-refractivity contribution in [3.8, 4) is 0 Å². The lowest BCUT2D eigenvalue weighted by Crippen LogP contribution is -2.34. The van der Waals surface area contributed by atoms with Crippen LogP contribution in [-0.2, 0) is 0 Å². The second-order valence-corrected chi connectivity index (χ2v) is 5.38. The van der Waals surface area contributed by atoms with E-state index in [1.165, 1.54) is 12.8 Å². The van der Waals surface area contributed by atoms with Crippen molar-refractivity contribution in [3.05, 3.63) is 28.8 Å². The molecule has 3 N–H and O–H groups in total. The summed E-state index contributed by atoms with van der Waals surface area (Å²) < 4.78 is 0. The highest BCUT2D eigenvalue weighted by atomic mass is 35.5. The molecule has 0 saturated carbocycles. The zero-order valence-electron chi connectivity index (χ0n) is 10.9. The molecule has 0 radical (unpaired) electrons. The third kappa shape index (κ3) is 2.32. The van der Waals surface area contributed by atoms with Gasteiger partial charge in [-0.2, -0.15) is 0 Å². The van der Waals surface area contributed by atoms with Gasteiger partial charge in [0.1, 0.15) is 5.84 Å². The molecule has 0 amide bonds. The third-order valence-corrected chi connectivity index (χ3v) is 4.11. The molecule has 0 bridgehead atoms. The van der Waals surface area contributed by atoms with Gasteiger partial charge in [-0.15, -0.1) is 0 Å². The molecule has 2 atom stereocenters. The Hall–Kier alpha value is -1.22. The zero-order chi connectivity index (χ0) is 13.3. The lowest BCUT2D eigenvalue weighted by Gasteiger charge is -2.30. The van der Waals surface area contributed by atoms with Crippen LogP contribution >= 0.6 is 11.6 Å². The number of anilines is 1. The van der Waals surface area contributed by atoms with Crippen LogP contribution in [0.15, 0.2) is 18.2 Å². The molecule has 1 heterocycles. The number of halogens is 1. The van der Waals surface area contributed by atoms with E-state index >= 15 is 0 Å². The number of nitrogens with zero attached hydrogens (tertiary/aromatic N) is 1. The first-order valence-electron chi connectivity index (χ1n) is 6.46. The summed E-state index contributed by atoms with van der Waals surface area (Å²) in [6.07, 6.45) is 3.62. The lowest BCUT2D eigenvalue weighted by molar-refractivity contribution is 0.628. The zero-order valence-corrected chi connectivity index (χ0v) is 11.7. The standard InChI is InChI=1S/C14H20ClN3/c1-3-10-5-4-9(2)18(10)11-6-7-12(14(16)17)13(15)8-11/h6-10H,3-5H2,1-2H3,(H3,16,17). The van der Waals surface area contributed by atoms with E-state index in [4.69, 9.17) is 22.7 Å². The second kappa shape index (κ2) is 5.19. The Labute approximate surface area is 113 Å². The van der Waals surface area contributed by atoms with Crippen molar-refractivity contribution < 1.29 is 0 Å². The molecular formula is C14H20ClN3. The maximum atomic E-state index is 7.45. The van der Waals surface area contributed by atoms with E-state index in [0.29, 0.717) is 22.7 Å². The highest BCUT2D eigenvalue weighted by molar-refractivity contribution is 6.34. The Bertz CT molecular complexity index is 458. The summed E-state index contributed by atoms with van der Waals surface area (Å²) >= 11 is 6.19. The van der Waals surface area contributed by atoms with Crippen LogP contribution in [0.2, 0.25) is 5.02 Å². The number of amidine groups is 1. The average Bonchev–Trinajstić information content (AvgIpc) is 2.69. The quantitative estimate of drug-likeness (QED) is 0.650. The SMILES string of the molecule is CCC1CCC(C)N1c1ccc(C(=N)N)c(Cl)c1. The van der Waals surface area contributed by atoms with E-state index in [-0.39, 0.29) is 5.84 Å². The van der Waals surface area contributed by atoms with Gasteiger partial charge in [-0.3, -0.25) is 5.41 Å². The van der Waals surface area contributed by atoms with Crippen LogP contribution in [0.5, 0.6) is 0 Å². The first-order chi connectivity index (χ1) is 8.54. The number of hydrogen-bond donors (Lipinski definition) is 2. The molecule has 3 nitrogen and oxygen atoms in total. The molecule has 1 aromatic carbocycles. The Balaban J connectivity index is 2.33. The summed E-state index contributed by atoms with van der Waals surface area (Å²) in [5.74, 6) is 0.0214. The summed E-state index contributed by atoms with van der Waals surface area (Å²) in [6, 6.07) is 6.95. The molecule has 1 fully saturated rings. The molecule has 98 valence electrons. The highest BCUT2D eigenvalue weighted by Gasteiger charge is 2.29. The minimum Gasteiger partial charge on any atom is -0.384 e. The van der Waals surface area contributed by atoms with E-state index in [0.717, 1.165) is 12.1 Å². The normalized spacial score (nSPS) is 23.4. The van der Waals surface area contributed by atoms with Crippen LogP contribution in [0.1, 0.15) is 38.7 Å². The predicted octanol–water partition coefficient (Wildman–Crippen LogP) is 3.39. The molecule has 2 rings (SSSR count). The van der Waals surface area contributed by atoms with Gasteiger partial charge >= 0.3 is 0 Å². The number of rotatable bonds is 3. The van der Waals surface area contributed by atoms with Crippen LogP contribution in [0.4, 0.5) is 5.69 Å². The summed E-state index contributed by atoms with van der Waals surface area (Å²) in [5.41, 5.74) is 7.24. The van der Waals surface area contributed by atoms with Crippen molar-refractivity contribution in [2.75, 3.05) is 4.90 Å². The van der Waals surface area contributed by atoms with Gasteiger partial charge in [0.05, 0.1) is 5.02 Å². The molecule has 1 saturated heterocycles. The van der Waals surface area contributed by atoms with Gasteiger partial charge in [0.2, 0.25) is 0 Å². The molecule has 1 aliphatic rings. The number of nitrogens with one attached hydrogen (secondary N) is 1. The van der Waals surface area contributed by atoms with Gasteiger partial charge in [0.15, 0.2) is 0 Å². The van der Waals surface area contributed by atoms with Gasteiger partial charge in [-0.25, -0.2) is 0 Å². The summed E-state index contributed by atoms with van der Waals surface area (Å²) in [6.45, 7) is 4.48. The Morgan fingerprint density at radius 3 is 2.78 bits per heavy atom. The topological polar surface area (TPSA) is 53.1 Å². The van der Waals surface area contributed by atoms with Crippen molar-refractivity contribution in [2.45, 2.75) is 45.2 Å². The van der Waals surface area contributed by atoms with E-state index in [2.05, 4.69) is 18.7 Å². The van der Waals surface area contributed by atoms with Crippen molar-refractivity contribution in [1.29, 1.82) is 5.41 Å². The smallest absolute Gasteiger partial charge is 0.124 e. The van der Waals surface area contributed by atoms with Crippen molar-refractivity contribution >= 4 is 23.1 Å². The van der Waals surface area contributed by atoms with Crippen LogP contribution < -0.4 is 10.6 Å². The number of nitrogens with two attached hydrogens (primary N) is 1. The van der Waals surface area contributed by atoms with Gasteiger partial charge in [0, 0.05) is 23.3 Å². The van der Waals surface area contributed by atoms with Crippen molar-refractivity contribution in [2.24, 2.45) is 5.73 Å². The Kier molecular flexibility index (Phi) is 3.81. The van der Waals surface area contributed by atoms with Crippen LogP contribution in [0.25, 0.3) is 0 Å². The van der Waals surface area contributed by atoms with E-state index < -0.39 is 0 Å². The van der Waals surface area contributed by atoms with Crippen molar-refractivity contribution in [3.63, 3.8) is 0 Å². The predicted molar refractivity (Wildman–Crippen MR) is 77.7 cm³/mol. The molecule has 2 unspecified atom stereocenters. The number of nitrogen functional groups attached to an aromatic ring is 1. The summed E-state index contributed by atoms with van der Waals surface area (Å²) in [4.78, 5) is 2.44. The monoisotopic (exact) mass is 265 g/mol. The Morgan fingerprint density at radius 2 is 2.22 bits per heavy atom. The average molecular weight is 266 g/mol. The number of hydrogen-bond acceptors (Lipinski definition) is 2. The lowest BCUT2D eigenvalue weighted by atomic mass is 10.1. The maximum absolute atomic E-state index is 7.45. The highest BCUT2D eigenvalue weighted by Crippen LogP contribution is 2.34. The maximum Gasteiger partial charge on any atom is 0.124 e. The Morgan fingerprint density at radius 1 is 1.50 bits per heavy atom. The van der Waals surface area contributed by atoms with Gasteiger partial charge < -0.3 is 10.6 Å². The fraction of sp³-hybridized carbons (Fsp3) is 0.500. The largest absolute Gasteiger partial charge is 0.384 e. The van der Waals surface area contributed by atoms with E-state index in [1.54, 1.807) is 0 Å². The van der Waals surface area contributed by atoms with E-state index in [1.807, 2.05) is 18.2 Å². The first-order valence-corrected chi connectivity index (χ1v) is 6.84. The molecule has 1 aromatic rings. The van der Waals surface area contributed by atoms with Crippen LogP contribution in [0, 0.1) is 5.41 Å². The molecule has 1 aliphatic heterocycles. The molecular weight excluding hydrogens is 246 g/mol. The van der Waals surface area contributed by atoms with Gasteiger partial charge in [0.25, 0.3) is 0 Å². The second-order valence-electron chi connectivity index (χ2n) is 4.97. The molecule has 0 spiro atoms. The minimum atomic E-state index is 0.0214. The molecule has 4 heteroatoms. The molecule has 18 heavy (non-hydrogen) atoms. The van der Waals surface area contributed by atoms with E-state index in [9.17, 15) is 0 Å². The molecule has 0 aromatic heterocycles. The fourth-order valence-corrected chi connectivity index (χ4v) is 3.10. The summed E-state index contributed by atoms with van der Waals surface area (Å²) in [5, 5.41) is 8.02. The van der Waals surface area contributed by atoms with Gasteiger partial charge in [-0.05, 0) is 44.4 Å². The number of benzene rings is 1. The summed E-state index contributed by atoms with van der Waals surface area (Å²) in [7, 11) is 0. The minimum absolute atomic E-state index is 0.0214. The van der Waals surface area contributed by atoms with Crippen LogP contribution in [0.3, 0.4) is 0 Å². The first kappa shape index (κ1) is 13.2. The fourth-order valence-electron chi connectivity index (χ4n) is 2.82.